The topological polar surface area (TPSA) is 45.1 Å². The van der Waals surface area contributed by atoms with Gasteiger partial charge in [0.15, 0.2) is 0 Å². The minimum absolute atomic E-state index is 0.0340. The van der Waals surface area contributed by atoms with Gasteiger partial charge in [-0.2, -0.15) is 0 Å². The predicted octanol–water partition coefficient (Wildman–Crippen LogP) is 2.75. The Morgan fingerprint density at radius 1 is 1.04 bits per heavy atom. The van der Waals surface area contributed by atoms with Crippen molar-refractivity contribution in [3.8, 4) is 0 Å². The highest BCUT2D eigenvalue weighted by Crippen LogP contribution is 2.31. The molecule has 2 aromatic rings. The van der Waals surface area contributed by atoms with Crippen molar-refractivity contribution in [3.63, 3.8) is 0 Å². The number of morpholine rings is 1. The molecule has 4 rings (SSSR count). The van der Waals surface area contributed by atoms with E-state index in [0.29, 0.717) is 25.6 Å². The lowest BCUT2D eigenvalue weighted by molar-refractivity contribution is -0.112. The summed E-state index contributed by atoms with van der Waals surface area (Å²) in [7, 11) is 0. The molecule has 0 N–H and O–H groups in total. The molecule has 25 heavy (non-hydrogen) atoms. The van der Waals surface area contributed by atoms with Gasteiger partial charge in [0, 0.05) is 18.7 Å². The summed E-state index contributed by atoms with van der Waals surface area (Å²) in [5, 5.41) is 0. The predicted molar refractivity (Wildman–Crippen MR) is 98.6 cm³/mol. The fraction of sp³-hybridized carbons (Fsp3) is 0.300. The maximum atomic E-state index is 13.0. The maximum Gasteiger partial charge on any atom is 0.278 e. The van der Waals surface area contributed by atoms with Gasteiger partial charge in [-0.1, -0.05) is 35.9 Å². The van der Waals surface area contributed by atoms with Crippen LogP contribution in [0.3, 0.4) is 0 Å². The van der Waals surface area contributed by atoms with E-state index < -0.39 is 0 Å². The molecule has 1 saturated heterocycles. The third-order valence-electron chi connectivity index (χ3n) is 4.62. The molecule has 2 aromatic carbocycles. The quantitative estimate of drug-likeness (QED) is 0.866. The average molecular weight is 335 g/mol. The summed E-state index contributed by atoms with van der Waals surface area (Å²) >= 11 is 0. The van der Waals surface area contributed by atoms with Crippen LogP contribution in [0.5, 0.6) is 0 Å². The van der Waals surface area contributed by atoms with Crippen LogP contribution < -0.4 is 4.90 Å². The van der Waals surface area contributed by atoms with Gasteiger partial charge in [-0.25, -0.2) is 4.99 Å². The van der Waals surface area contributed by atoms with E-state index in [1.165, 1.54) is 5.56 Å². The number of anilines is 1. The first-order valence-corrected chi connectivity index (χ1v) is 8.59. The second-order valence-electron chi connectivity index (χ2n) is 6.42. The number of nitrogens with zero attached hydrogens (tertiary/aromatic N) is 3. The van der Waals surface area contributed by atoms with Gasteiger partial charge in [0.25, 0.3) is 5.91 Å². The molecule has 2 heterocycles. The van der Waals surface area contributed by atoms with Crippen LogP contribution in [0.25, 0.3) is 0 Å². The highest BCUT2D eigenvalue weighted by molar-refractivity contribution is 6.54. The number of carbonyl (C=O) groups is 1. The highest BCUT2D eigenvalue weighted by Gasteiger charge is 2.34. The lowest BCUT2D eigenvalue weighted by atomic mass is 10.1. The van der Waals surface area contributed by atoms with Gasteiger partial charge in [-0.3, -0.25) is 14.6 Å². The van der Waals surface area contributed by atoms with Crippen molar-refractivity contribution < 1.29 is 9.53 Å². The summed E-state index contributed by atoms with van der Waals surface area (Å²) in [5.41, 5.74) is 4.34. The molecule has 5 heteroatoms. The molecule has 0 saturated carbocycles. The number of ether oxygens (including phenoxy) is 1. The first-order valence-electron chi connectivity index (χ1n) is 8.59. The number of rotatable bonds is 3. The molecule has 0 aromatic heterocycles. The van der Waals surface area contributed by atoms with Crippen molar-refractivity contribution in [2.75, 3.05) is 37.9 Å². The first-order chi connectivity index (χ1) is 12.2. The van der Waals surface area contributed by atoms with Gasteiger partial charge in [0.1, 0.15) is 5.71 Å². The standard InChI is InChI=1S/C20H21N3O2/c1-15-6-8-16(9-7-15)21-19-17-4-2-3-5-18(17)23(20(19)24)14-22-10-12-25-13-11-22/h2-9H,10-14H2,1H3. The van der Waals surface area contributed by atoms with E-state index in [2.05, 4.69) is 9.89 Å². The Morgan fingerprint density at radius 2 is 1.76 bits per heavy atom. The van der Waals surface area contributed by atoms with E-state index >= 15 is 0 Å². The number of carbonyl (C=O) groups excluding carboxylic acids is 1. The third-order valence-corrected chi connectivity index (χ3v) is 4.62. The Kier molecular flexibility index (Phi) is 4.34. The van der Waals surface area contributed by atoms with Crippen LogP contribution in [-0.2, 0) is 9.53 Å². The molecule has 0 spiro atoms. The van der Waals surface area contributed by atoms with Crippen LogP contribution >= 0.6 is 0 Å². The summed E-state index contributed by atoms with van der Waals surface area (Å²) in [4.78, 5) is 21.8. The van der Waals surface area contributed by atoms with Crippen molar-refractivity contribution in [2.24, 2.45) is 4.99 Å². The van der Waals surface area contributed by atoms with Crippen LogP contribution in [0, 0.1) is 6.92 Å². The number of benzene rings is 2. The van der Waals surface area contributed by atoms with Crippen LogP contribution in [0.15, 0.2) is 53.5 Å². The van der Waals surface area contributed by atoms with Gasteiger partial charge in [0.2, 0.25) is 0 Å². The summed E-state index contributed by atoms with van der Waals surface area (Å²) in [6.07, 6.45) is 0. The number of para-hydroxylation sites is 1. The smallest absolute Gasteiger partial charge is 0.278 e. The Morgan fingerprint density at radius 3 is 2.52 bits per heavy atom. The van der Waals surface area contributed by atoms with E-state index in [-0.39, 0.29) is 5.91 Å². The van der Waals surface area contributed by atoms with E-state index in [0.717, 1.165) is 30.0 Å². The van der Waals surface area contributed by atoms with Crippen LogP contribution in [0.4, 0.5) is 11.4 Å². The molecule has 0 radical (unpaired) electrons. The maximum absolute atomic E-state index is 13.0. The first kappa shape index (κ1) is 16.0. The number of amides is 1. The molecule has 0 aliphatic carbocycles. The zero-order chi connectivity index (χ0) is 17.2. The number of aryl methyl sites for hydroxylation is 1. The molecule has 0 bridgehead atoms. The monoisotopic (exact) mass is 335 g/mol. The molecule has 2 aliphatic heterocycles. The summed E-state index contributed by atoms with van der Waals surface area (Å²) in [5.74, 6) is -0.0340. The molecule has 128 valence electrons. The van der Waals surface area contributed by atoms with Crippen molar-refractivity contribution >= 4 is 23.0 Å². The molecule has 1 fully saturated rings. The Bertz CT molecular complexity index is 808. The van der Waals surface area contributed by atoms with Crippen LogP contribution in [0.2, 0.25) is 0 Å². The minimum atomic E-state index is -0.0340. The zero-order valence-electron chi connectivity index (χ0n) is 14.3. The van der Waals surface area contributed by atoms with Gasteiger partial charge < -0.3 is 4.74 Å². The van der Waals surface area contributed by atoms with Crippen molar-refractivity contribution in [3.05, 3.63) is 59.7 Å². The van der Waals surface area contributed by atoms with Gasteiger partial charge in [-0.15, -0.1) is 0 Å². The number of aliphatic imine (C=N–C) groups is 1. The Balaban J connectivity index is 1.67. The molecule has 1 amide bonds. The third kappa shape index (κ3) is 3.21. The van der Waals surface area contributed by atoms with E-state index in [9.17, 15) is 4.79 Å². The molecular formula is C20H21N3O2. The van der Waals surface area contributed by atoms with E-state index in [4.69, 9.17) is 4.74 Å². The SMILES string of the molecule is Cc1ccc(N=C2C(=O)N(CN3CCOCC3)c3ccccc32)cc1. The Labute approximate surface area is 147 Å². The largest absolute Gasteiger partial charge is 0.379 e. The van der Waals surface area contributed by atoms with Gasteiger partial charge in [0.05, 0.1) is 31.3 Å². The number of hydrogen-bond acceptors (Lipinski definition) is 4. The summed E-state index contributed by atoms with van der Waals surface area (Å²) in [6, 6.07) is 15.8. The molecule has 0 unspecified atom stereocenters. The lowest BCUT2D eigenvalue weighted by Gasteiger charge is -2.30. The Hall–Kier alpha value is -2.50. The zero-order valence-corrected chi connectivity index (χ0v) is 14.3. The van der Waals surface area contributed by atoms with Gasteiger partial charge >= 0.3 is 0 Å². The number of fused-ring (bicyclic) bond motifs is 1. The molecule has 2 aliphatic rings. The van der Waals surface area contributed by atoms with E-state index in [1.807, 2.05) is 60.4 Å². The minimum Gasteiger partial charge on any atom is -0.379 e. The number of hydrogen-bond donors (Lipinski definition) is 0. The van der Waals surface area contributed by atoms with Crippen molar-refractivity contribution in [2.45, 2.75) is 6.92 Å². The van der Waals surface area contributed by atoms with Gasteiger partial charge in [-0.05, 0) is 25.1 Å². The molecular weight excluding hydrogens is 314 g/mol. The summed E-state index contributed by atoms with van der Waals surface area (Å²) in [6.45, 7) is 5.73. The fourth-order valence-electron chi connectivity index (χ4n) is 3.20. The normalized spacial score (nSPS) is 19.5. The second kappa shape index (κ2) is 6.78. The average Bonchev–Trinajstić information content (AvgIpc) is 2.90. The summed E-state index contributed by atoms with van der Waals surface area (Å²) < 4.78 is 5.40. The van der Waals surface area contributed by atoms with Crippen molar-refractivity contribution in [1.29, 1.82) is 0 Å². The second-order valence-corrected chi connectivity index (χ2v) is 6.42. The van der Waals surface area contributed by atoms with Crippen molar-refractivity contribution in [1.82, 2.24) is 4.90 Å². The fourth-order valence-corrected chi connectivity index (χ4v) is 3.20. The van der Waals surface area contributed by atoms with E-state index in [1.54, 1.807) is 0 Å². The van der Waals surface area contributed by atoms with Crippen LogP contribution in [-0.4, -0.2) is 49.5 Å². The van der Waals surface area contributed by atoms with Crippen LogP contribution in [0.1, 0.15) is 11.1 Å². The lowest BCUT2D eigenvalue weighted by Crippen LogP contribution is -2.45. The molecule has 0 atom stereocenters. The highest BCUT2D eigenvalue weighted by atomic mass is 16.5. The molecule has 5 nitrogen and oxygen atoms in total.